The first-order valence-electron chi connectivity index (χ1n) is 10.3. The maximum atomic E-state index is 13.7. The van der Waals surface area contributed by atoms with Gasteiger partial charge in [-0.25, -0.2) is 17.8 Å². The number of aromatic nitrogens is 3. The SMILES string of the molecule is CCC(n1c(-c2ccccc2C)nc(-c2ccc(F)cc2)c1-c1ccncc1)S(C)(=O)=O. The highest BCUT2D eigenvalue weighted by Gasteiger charge is 2.31. The molecule has 0 N–H and O–H groups in total. The molecule has 0 saturated carbocycles. The zero-order valence-corrected chi connectivity index (χ0v) is 19.0. The van der Waals surface area contributed by atoms with Gasteiger partial charge in [-0.1, -0.05) is 31.2 Å². The molecular formula is C25H24FN3O2S. The van der Waals surface area contributed by atoms with Gasteiger partial charge in [-0.3, -0.25) is 4.98 Å². The number of hydrogen-bond acceptors (Lipinski definition) is 4. The number of rotatable bonds is 6. The summed E-state index contributed by atoms with van der Waals surface area (Å²) in [4.78, 5) is 9.07. The summed E-state index contributed by atoms with van der Waals surface area (Å²) >= 11 is 0. The van der Waals surface area contributed by atoms with Crippen LogP contribution in [-0.2, 0) is 9.84 Å². The van der Waals surface area contributed by atoms with Crippen molar-refractivity contribution in [3.63, 3.8) is 0 Å². The van der Waals surface area contributed by atoms with E-state index in [4.69, 9.17) is 4.98 Å². The molecule has 0 saturated heterocycles. The predicted octanol–water partition coefficient (Wildman–Crippen LogP) is 5.68. The summed E-state index contributed by atoms with van der Waals surface area (Å²) in [5.41, 5.74) is 4.57. The number of halogens is 1. The molecule has 32 heavy (non-hydrogen) atoms. The van der Waals surface area contributed by atoms with Crippen LogP contribution in [0.3, 0.4) is 0 Å². The number of sulfone groups is 1. The molecule has 0 fully saturated rings. The van der Waals surface area contributed by atoms with Crippen LogP contribution in [0.4, 0.5) is 4.39 Å². The third-order valence-corrected chi connectivity index (χ3v) is 7.03. The standard InChI is InChI=1S/C25H24FN3O2S/c1-4-22(32(3,30)31)29-24(19-13-15-27-16-14-19)23(18-9-11-20(26)12-10-18)28-25(29)21-8-6-5-7-17(21)2/h5-16,22H,4H2,1-3H3. The lowest BCUT2D eigenvalue weighted by atomic mass is 10.1. The Bertz CT molecular complexity index is 1350. The van der Waals surface area contributed by atoms with Crippen molar-refractivity contribution in [2.24, 2.45) is 0 Å². The number of hydrogen-bond donors (Lipinski definition) is 0. The van der Waals surface area contributed by atoms with E-state index in [2.05, 4.69) is 4.98 Å². The summed E-state index contributed by atoms with van der Waals surface area (Å²) in [5, 5.41) is -0.818. The van der Waals surface area contributed by atoms with E-state index in [0.29, 0.717) is 29.2 Å². The monoisotopic (exact) mass is 449 g/mol. The second-order valence-electron chi connectivity index (χ2n) is 7.75. The molecule has 0 aliphatic heterocycles. The number of nitrogens with zero attached hydrogens (tertiary/aromatic N) is 3. The third kappa shape index (κ3) is 4.08. The highest BCUT2D eigenvalue weighted by molar-refractivity contribution is 7.90. The third-order valence-electron chi connectivity index (χ3n) is 5.50. The maximum Gasteiger partial charge on any atom is 0.168 e. The minimum absolute atomic E-state index is 0.347. The van der Waals surface area contributed by atoms with Crippen LogP contribution in [0.15, 0.2) is 73.1 Å². The highest BCUT2D eigenvalue weighted by Crippen LogP contribution is 2.41. The molecule has 0 amide bonds. The van der Waals surface area contributed by atoms with Crippen molar-refractivity contribution in [1.29, 1.82) is 0 Å². The number of pyridine rings is 1. The van der Waals surface area contributed by atoms with Crippen molar-refractivity contribution in [2.75, 3.05) is 6.26 Å². The van der Waals surface area contributed by atoms with E-state index in [1.54, 1.807) is 24.5 Å². The summed E-state index contributed by atoms with van der Waals surface area (Å²) in [6, 6.07) is 17.5. The fourth-order valence-corrected chi connectivity index (χ4v) is 5.19. The second kappa shape index (κ2) is 8.67. The van der Waals surface area contributed by atoms with Gasteiger partial charge in [-0.05, 0) is 55.3 Å². The lowest BCUT2D eigenvalue weighted by molar-refractivity contribution is 0.548. The van der Waals surface area contributed by atoms with Crippen LogP contribution in [-0.4, -0.2) is 29.2 Å². The molecule has 7 heteroatoms. The van der Waals surface area contributed by atoms with Gasteiger partial charge in [0.15, 0.2) is 9.84 Å². The molecule has 4 aromatic rings. The summed E-state index contributed by atoms with van der Waals surface area (Å²) in [5.74, 6) is 0.215. The van der Waals surface area contributed by atoms with Crippen LogP contribution in [0, 0.1) is 12.7 Å². The Morgan fingerprint density at radius 2 is 1.62 bits per heavy atom. The lowest BCUT2D eigenvalue weighted by Crippen LogP contribution is -2.20. The number of imidazole rings is 1. The van der Waals surface area contributed by atoms with Crippen molar-refractivity contribution in [3.05, 3.63) is 84.4 Å². The van der Waals surface area contributed by atoms with Crippen LogP contribution < -0.4 is 0 Å². The van der Waals surface area contributed by atoms with Crippen LogP contribution in [0.1, 0.15) is 24.3 Å². The maximum absolute atomic E-state index is 13.7. The second-order valence-corrected chi connectivity index (χ2v) is 9.96. The lowest BCUT2D eigenvalue weighted by Gasteiger charge is -2.22. The zero-order chi connectivity index (χ0) is 22.9. The Hall–Kier alpha value is -3.32. The molecule has 164 valence electrons. The minimum Gasteiger partial charge on any atom is -0.306 e. The van der Waals surface area contributed by atoms with Crippen molar-refractivity contribution >= 4 is 9.84 Å². The summed E-state index contributed by atoms with van der Waals surface area (Å²) in [6.07, 6.45) is 4.94. The number of benzene rings is 2. The van der Waals surface area contributed by atoms with E-state index in [-0.39, 0.29) is 5.82 Å². The number of aryl methyl sites for hydroxylation is 1. The van der Waals surface area contributed by atoms with Crippen LogP contribution in [0.25, 0.3) is 33.9 Å². The molecule has 4 rings (SSSR count). The van der Waals surface area contributed by atoms with Gasteiger partial charge < -0.3 is 4.57 Å². The average molecular weight is 450 g/mol. The zero-order valence-electron chi connectivity index (χ0n) is 18.2. The minimum atomic E-state index is -3.47. The summed E-state index contributed by atoms with van der Waals surface area (Å²) in [7, 11) is -3.47. The first-order chi connectivity index (χ1) is 15.3. The van der Waals surface area contributed by atoms with Gasteiger partial charge in [0.1, 0.15) is 17.0 Å². The fraction of sp³-hybridized carbons (Fsp3) is 0.200. The Morgan fingerprint density at radius 1 is 0.969 bits per heavy atom. The smallest absolute Gasteiger partial charge is 0.168 e. The first-order valence-corrected chi connectivity index (χ1v) is 12.3. The first kappa shape index (κ1) is 21.9. The van der Waals surface area contributed by atoms with Crippen molar-refractivity contribution in [3.8, 4) is 33.9 Å². The van der Waals surface area contributed by atoms with Crippen LogP contribution in [0.5, 0.6) is 0 Å². The molecule has 1 unspecified atom stereocenters. The molecule has 2 aromatic carbocycles. The largest absolute Gasteiger partial charge is 0.306 e. The molecule has 1 atom stereocenters. The molecule has 0 spiro atoms. The Morgan fingerprint density at radius 3 is 2.22 bits per heavy atom. The Kier molecular flexibility index (Phi) is 5.93. The van der Waals surface area contributed by atoms with Gasteiger partial charge in [-0.15, -0.1) is 0 Å². The van der Waals surface area contributed by atoms with Crippen molar-refractivity contribution in [2.45, 2.75) is 25.6 Å². The van der Waals surface area contributed by atoms with Gasteiger partial charge in [0.2, 0.25) is 0 Å². The molecule has 0 bridgehead atoms. The average Bonchev–Trinajstić information content (AvgIpc) is 3.14. The van der Waals surface area contributed by atoms with E-state index >= 15 is 0 Å². The molecule has 2 aromatic heterocycles. The predicted molar refractivity (Wildman–Crippen MR) is 125 cm³/mol. The summed E-state index contributed by atoms with van der Waals surface area (Å²) < 4.78 is 41.3. The molecule has 5 nitrogen and oxygen atoms in total. The van der Waals surface area contributed by atoms with Gasteiger partial charge in [-0.2, -0.15) is 0 Å². The van der Waals surface area contributed by atoms with Crippen LogP contribution in [0.2, 0.25) is 0 Å². The molecule has 2 heterocycles. The Labute approximate surface area is 187 Å². The van der Waals surface area contributed by atoms with Gasteiger partial charge >= 0.3 is 0 Å². The van der Waals surface area contributed by atoms with Gasteiger partial charge in [0.25, 0.3) is 0 Å². The molecule has 0 aliphatic carbocycles. The van der Waals surface area contributed by atoms with E-state index < -0.39 is 15.2 Å². The normalized spacial score (nSPS) is 12.6. The van der Waals surface area contributed by atoms with E-state index in [0.717, 1.165) is 16.7 Å². The quantitative estimate of drug-likeness (QED) is 0.380. The van der Waals surface area contributed by atoms with Crippen molar-refractivity contribution < 1.29 is 12.8 Å². The van der Waals surface area contributed by atoms with Crippen LogP contribution >= 0.6 is 0 Å². The van der Waals surface area contributed by atoms with Crippen molar-refractivity contribution in [1.82, 2.24) is 14.5 Å². The van der Waals surface area contributed by atoms with Gasteiger partial charge in [0, 0.05) is 35.3 Å². The summed E-state index contributed by atoms with van der Waals surface area (Å²) in [6.45, 7) is 3.82. The fourth-order valence-electron chi connectivity index (χ4n) is 4.00. The topological polar surface area (TPSA) is 64.8 Å². The molecule has 0 aliphatic rings. The highest BCUT2D eigenvalue weighted by atomic mass is 32.2. The van der Waals surface area contributed by atoms with E-state index in [9.17, 15) is 12.8 Å². The van der Waals surface area contributed by atoms with Gasteiger partial charge in [0.05, 0.1) is 11.4 Å². The molecular weight excluding hydrogens is 425 g/mol. The Balaban J connectivity index is 2.15. The van der Waals surface area contributed by atoms with E-state index in [1.807, 2.05) is 54.8 Å². The van der Waals surface area contributed by atoms with E-state index in [1.165, 1.54) is 18.4 Å². The molecule has 0 radical (unpaired) electrons.